The van der Waals surface area contributed by atoms with E-state index >= 15 is 0 Å². The summed E-state index contributed by atoms with van der Waals surface area (Å²) in [6.45, 7) is 0. The molecule has 2 aromatic heterocycles. The molecule has 0 fully saturated rings. The van der Waals surface area contributed by atoms with Gasteiger partial charge in [0.15, 0.2) is 0 Å². The van der Waals surface area contributed by atoms with E-state index in [-0.39, 0.29) is 5.69 Å². The number of amides is 1. The van der Waals surface area contributed by atoms with Crippen LogP contribution in [0.15, 0.2) is 55.0 Å². The van der Waals surface area contributed by atoms with E-state index in [1.165, 1.54) is 17.0 Å². The number of nitrogens with zero attached hydrogens (tertiary/aromatic N) is 4. The average molecular weight is 309 g/mol. The van der Waals surface area contributed by atoms with Crippen LogP contribution in [-0.4, -0.2) is 26.3 Å². The molecule has 0 aliphatic rings. The predicted octanol–water partition coefficient (Wildman–Crippen LogP) is 2.67. The van der Waals surface area contributed by atoms with E-state index in [1.807, 2.05) is 6.07 Å². The van der Waals surface area contributed by atoms with Crippen molar-refractivity contribution in [2.75, 3.05) is 4.90 Å². The van der Waals surface area contributed by atoms with E-state index in [2.05, 4.69) is 15.0 Å². The van der Waals surface area contributed by atoms with Crippen molar-refractivity contribution >= 4 is 23.6 Å². The van der Waals surface area contributed by atoms with Crippen LogP contribution in [-0.2, 0) is 4.79 Å². The van der Waals surface area contributed by atoms with Gasteiger partial charge in [0.25, 0.3) is 5.69 Å². The molecule has 2 heterocycles. The van der Waals surface area contributed by atoms with E-state index in [0.717, 1.165) is 11.8 Å². The molecule has 0 saturated carbocycles. The lowest BCUT2D eigenvalue weighted by Gasteiger charge is -2.16. The van der Waals surface area contributed by atoms with E-state index in [1.54, 1.807) is 30.6 Å². The van der Waals surface area contributed by atoms with Crippen LogP contribution in [0.25, 0.3) is 11.4 Å². The third-order valence-corrected chi connectivity index (χ3v) is 3.19. The molecule has 1 N–H and O–H groups in total. The van der Waals surface area contributed by atoms with Crippen molar-refractivity contribution in [2.24, 2.45) is 0 Å². The standard InChI is InChI=1S/C15H11N5O3/c21-10-19(14-5-4-13(9-18-14)20(22)23)12-3-1-2-11(8-12)15-16-6-7-17-15/h1-10H,(H,16,17). The van der Waals surface area contributed by atoms with E-state index in [0.29, 0.717) is 23.7 Å². The Morgan fingerprint density at radius 1 is 1.22 bits per heavy atom. The van der Waals surface area contributed by atoms with Crippen LogP contribution in [0.4, 0.5) is 17.2 Å². The number of carbonyl (C=O) groups is 1. The summed E-state index contributed by atoms with van der Waals surface area (Å²) < 4.78 is 0. The van der Waals surface area contributed by atoms with Gasteiger partial charge in [0.1, 0.15) is 17.8 Å². The third-order valence-electron chi connectivity index (χ3n) is 3.19. The van der Waals surface area contributed by atoms with Crippen molar-refractivity contribution in [3.8, 4) is 11.4 Å². The molecule has 1 aromatic carbocycles. The summed E-state index contributed by atoms with van der Waals surface area (Å²) in [6.07, 6.45) is 5.06. The number of benzene rings is 1. The highest BCUT2D eigenvalue weighted by molar-refractivity contribution is 5.86. The summed E-state index contributed by atoms with van der Waals surface area (Å²) in [4.78, 5) is 34.0. The fourth-order valence-electron chi connectivity index (χ4n) is 2.10. The second-order valence-corrected chi connectivity index (χ2v) is 4.60. The molecular formula is C15H11N5O3. The largest absolute Gasteiger partial charge is 0.345 e. The summed E-state index contributed by atoms with van der Waals surface area (Å²) in [5.74, 6) is 0.969. The smallest absolute Gasteiger partial charge is 0.287 e. The molecule has 8 nitrogen and oxygen atoms in total. The molecule has 0 radical (unpaired) electrons. The summed E-state index contributed by atoms with van der Waals surface area (Å²) >= 11 is 0. The van der Waals surface area contributed by atoms with E-state index in [9.17, 15) is 14.9 Å². The predicted molar refractivity (Wildman–Crippen MR) is 83.1 cm³/mol. The summed E-state index contributed by atoms with van der Waals surface area (Å²) in [6, 6.07) is 9.88. The van der Waals surface area contributed by atoms with Gasteiger partial charge in [-0.1, -0.05) is 12.1 Å². The van der Waals surface area contributed by atoms with Crippen molar-refractivity contribution in [3.63, 3.8) is 0 Å². The monoisotopic (exact) mass is 309 g/mol. The number of anilines is 2. The number of rotatable bonds is 5. The van der Waals surface area contributed by atoms with Crippen LogP contribution in [0, 0.1) is 10.1 Å². The molecule has 1 amide bonds. The van der Waals surface area contributed by atoms with Crippen LogP contribution in [0.3, 0.4) is 0 Å². The zero-order chi connectivity index (χ0) is 16.2. The maximum absolute atomic E-state index is 11.5. The maximum atomic E-state index is 11.5. The van der Waals surface area contributed by atoms with Gasteiger partial charge in [-0.3, -0.25) is 19.8 Å². The molecule has 23 heavy (non-hydrogen) atoms. The Bertz CT molecular complexity index is 831. The Morgan fingerprint density at radius 2 is 2.09 bits per heavy atom. The van der Waals surface area contributed by atoms with Crippen LogP contribution >= 0.6 is 0 Å². The first-order chi connectivity index (χ1) is 11.2. The third kappa shape index (κ3) is 2.91. The highest BCUT2D eigenvalue weighted by atomic mass is 16.6. The van der Waals surface area contributed by atoms with Crippen molar-refractivity contribution in [3.05, 3.63) is 65.1 Å². The molecule has 0 atom stereocenters. The van der Waals surface area contributed by atoms with Crippen LogP contribution in [0.5, 0.6) is 0 Å². The molecule has 0 saturated heterocycles. The molecule has 3 aromatic rings. The first kappa shape index (κ1) is 14.4. The van der Waals surface area contributed by atoms with Crippen molar-refractivity contribution < 1.29 is 9.72 Å². The number of imidazole rings is 1. The molecule has 3 rings (SSSR count). The van der Waals surface area contributed by atoms with Gasteiger partial charge in [-0.15, -0.1) is 0 Å². The SMILES string of the molecule is O=CN(c1cccc(-c2ncc[nH]2)c1)c1ccc([N+](=O)[O-])cn1. The Hall–Kier alpha value is -3.55. The Kier molecular flexibility index (Phi) is 3.79. The van der Waals surface area contributed by atoms with Gasteiger partial charge < -0.3 is 4.98 Å². The number of carbonyl (C=O) groups excluding carboxylic acids is 1. The molecular weight excluding hydrogens is 298 g/mol. The summed E-state index contributed by atoms with van der Waals surface area (Å²) in [5.41, 5.74) is 1.25. The van der Waals surface area contributed by atoms with Crippen molar-refractivity contribution in [2.45, 2.75) is 0 Å². The van der Waals surface area contributed by atoms with Gasteiger partial charge in [-0.2, -0.15) is 0 Å². The second-order valence-electron chi connectivity index (χ2n) is 4.60. The van der Waals surface area contributed by atoms with E-state index in [4.69, 9.17) is 0 Å². The average Bonchev–Trinajstić information content (AvgIpc) is 3.11. The number of hydrogen-bond donors (Lipinski definition) is 1. The second kappa shape index (κ2) is 6.06. The van der Waals surface area contributed by atoms with Crippen LogP contribution in [0.1, 0.15) is 0 Å². The van der Waals surface area contributed by atoms with Crippen molar-refractivity contribution in [1.82, 2.24) is 15.0 Å². The highest BCUT2D eigenvalue weighted by Gasteiger charge is 2.13. The van der Waals surface area contributed by atoms with Gasteiger partial charge in [-0.25, -0.2) is 9.97 Å². The number of nitrogens with one attached hydrogen (secondary N) is 1. The lowest BCUT2D eigenvalue weighted by atomic mass is 10.2. The quantitative estimate of drug-likeness (QED) is 0.443. The minimum Gasteiger partial charge on any atom is -0.345 e. The minimum absolute atomic E-state index is 0.135. The van der Waals surface area contributed by atoms with Crippen LogP contribution in [0.2, 0.25) is 0 Å². The molecule has 8 heteroatoms. The number of nitro groups is 1. The topological polar surface area (TPSA) is 105 Å². The number of aromatic amines is 1. The lowest BCUT2D eigenvalue weighted by molar-refractivity contribution is -0.385. The highest BCUT2D eigenvalue weighted by Crippen LogP contribution is 2.27. The molecule has 114 valence electrons. The zero-order valence-electron chi connectivity index (χ0n) is 11.8. The first-order valence-electron chi connectivity index (χ1n) is 6.64. The van der Waals surface area contributed by atoms with Gasteiger partial charge in [0, 0.05) is 24.0 Å². The fraction of sp³-hybridized carbons (Fsp3) is 0. The minimum atomic E-state index is -0.542. The zero-order valence-corrected chi connectivity index (χ0v) is 11.8. The molecule has 0 bridgehead atoms. The number of hydrogen-bond acceptors (Lipinski definition) is 5. The molecule has 0 spiro atoms. The Balaban J connectivity index is 1.96. The maximum Gasteiger partial charge on any atom is 0.287 e. The van der Waals surface area contributed by atoms with Gasteiger partial charge in [0.2, 0.25) is 6.41 Å². The fourth-order valence-corrected chi connectivity index (χ4v) is 2.10. The molecule has 0 unspecified atom stereocenters. The van der Waals surface area contributed by atoms with Crippen molar-refractivity contribution in [1.29, 1.82) is 0 Å². The Morgan fingerprint density at radius 3 is 2.70 bits per heavy atom. The summed E-state index contributed by atoms with van der Waals surface area (Å²) in [7, 11) is 0. The first-order valence-corrected chi connectivity index (χ1v) is 6.64. The normalized spacial score (nSPS) is 10.3. The number of aromatic nitrogens is 3. The molecule has 0 aliphatic heterocycles. The number of H-pyrrole nitrogens is 1. The Labute approximate surface area is 130 Å². The van der Waals surface area contributed by atoms with Crippen LogP contribution < -0.4 is 4.90 Å². The molecule has 0 aliphatic carbocycles. The lowest BCUT2D eigenvalue weighted by Crippen LogP contribution is -2.15. The van der Waals surface area contributed by atoms with Gasteiger partial charge in [0.05, 0.1) is 10.6 Å². The number of pyridine rings is 1. The van der Waals surface area contributed by atoms with Gasteiger partial charge in [-0.05, 0) is 18.2 Å². The van der Waals surface area contributed by atoms with Gasteiger partial charge >= 0.3 is 0 Å². The summed E-state index contributed by atoms with van der Waals surface area (Å²) in [5, 5.41) is 10.7. The van der Waals surface area contributed by atoms with E-state index < -0.39 is 4.92 Å².